The second kappa shape index (κ2) is 16.8. The number of rotatable bonds is 14. The molecule has 0 unspecified atom stereocenters. The van der Waals surface area contributed by atoms with Crippen LogP contribution in [0, 0.1) is 6.92 Å². The number of methoxy groups -OCH3 is 1. The third-order valence-electron chi connectivity index (χ3n) is 8.27. The van der Waals surface area contributed by atoms with E-state index in [1.165, 1.54) is 24.3 Å². The van der Waals surface area contributed by atoms with Crippen LogP contribution in [0.15, 0.2) is 60.7 Å². The number of carbonyl (C=O) groups excluding carboxylic acids is 3. The molecule has 46 heavy (non-hydrogen) atoms. The third-order valence-corrected chi connectivity index (χ3v) is 8.27. The third kappa shape index (κ3) is 9.79. The van der Waals surface area contributed by atoms with Gasteiger partial charge in [0, 0.05) is 55.0 Å². The first-order valence-corrected chi connectivity index (χ1v) is 15.9. The number of aromatic hydroxyl groups is 1. The number of anilines is 2. The van der Waals surface area contributed by atoms with E-state index in [9.17, 15) is 19.5 Å². The van der Waals surface area contributed by atoms with Crippen LogP contribution in [0.5, 0.6) is 11.5 Å². The molecule has 0 atom stereocenters. The van der Waals surface area contributed by atoms with Crippen LogP contribution in [0.3, 0.4) is 0 Å². The summed E-state index contributed by atoms with van der Waals surface area (Å²) in [4.78, 5) is 42.9. The van der Waals surface area contributed by atoms with Crippen molar-refractivity contribution in [1.29, 1.82) is 0 Å². The molecule has 0 bridgehead atoms. The van der Waals surface area contributed by atoms with Crippen molar-refractivity contribution in [3.05, 3.63) is 82.9 Å². The van der Waals surface area contributed by atoms with Crippen LogP contribution in [0.2, 0.25) is 0 Å². The van der Waals surface area contributed by atoms with Gasteiger partial charge in [-0.15, -0.1) is 0 Å². The Hall–Kier alpha value is -4.41. The van der Waals surface area contributed by atoms with Gasteiger partial charge in [0.1, 0.15) is 11.5 Å². The SMILES string of the molecule is COCc1cc(C(=O)Nc2ccc(C)cc2OCCCCCC(=O)N2CCC(N(C)C)CC2)ccc1NC(=O)c1ccc(O)cc1. The molecular formula is C36H46N4O6. The number of nitrogens with zero attached hydrogens (tertiary/aromatic N) is 2. The molecule has 0 aliphatic carbocycles. The van der Waals surface area contributed by atoms with Gasteiger partial charge in [0.25, 0.3) is 11.8 Å². The summed E-state index contributed by atoms with van der Waals surface area (Å²) in [6.07, 6.45) is 5.12. The second-order valence-electron chi connectivity index (χ2n) is 12.0. The van der Waals surface area contributed by atoms with Crippen LogP contribution < -0.4 is 15.4 Å². The van der Waals surface area contributed by atoms with Crippen LogP contribution >= 0.6 is 0 Å². The van der Waals surface area contributed by atoms with Gasteiger partial charge in [-0.3, -0.25) is 14.4 Å². The van der Waals surface area contributed by atoms with Crippen molar-refractivity contribution >= 4 is 29.1 Å². The lowest BCUT2D eigenvalue weighted by molar-refractivity contribution is -0.132. The Balaban J connectivity index is 1.29. The van der Waals surface area contributed by atoms with Crippen LogP contribution in [0.25, 0.3) is 0 Å². The highest BCUT2D eigenvalue weighted by molar-refractivity contribution is 6.07. The molecule has 10 heteroatoms. The monoisotopic (exact) mass is 630 g/mol. The number of likely N-dealkylation sites (tertiary alicyclic amines) is 1. The minimum absolute atomic E-state index is 0.0733. The van der Waals surface area contributed by atoms with Gasteiger partial charge in [-0.25, -0.2) is 0 Å². The van der Waals surface area contributed by atoms with Crippen molar-refractivity contribution in [1.82, 2.24) is 9.80 Å². The highest BCUT2D eigenvalue weighted by atomic mass is 16.5. The lowest BCUT2D eigenvalue weighted by atomic mass is 10.0. The van der Waals surface area contributed by atoms with E-state index in [0.29, 0.717) is 52.9 Å². The molecule has 0 spiro atoms. The Bertz CT molecular complexity index is 1480. The van der Waals surface area contributed by atoms with E-state index in [1.807, 2.05) is 30.0 Å². The van der Waals surface area contributed by atoms with E-state index in [4.69, 9.17) is 9.47 Å². The number of hydrogen-bond donors (Lipinski definition) is 3. The molecule has 1 saturated heterocycles. The Morgan fingerprint density at radius 2 is 1.52 bits per heavy atom. The molecule has 246 valence electrons. The maximum absolute atomic E-state index is 13.3. The van der Waals surface area contributed by atoms with Crippen LogP contribution in [-0.2, 0) is 16.1 Å². The van der Waals surface area contributed by atoms with Crippen LogP contribution in [0.1, 0.15) is 70.4 Å². The summed E-state index contributed by atoms with van der Waals surface area (Å²) < 4.78 is 11.4. The number of phenols is 1. The molecule has 3 aromatic carbocycles. The van der Waals surface area contributed by atoms with Gasteiger partial charge < -0.3 is 35.0 Å². The molecule has 4 rings (SSSR count). The summed E-state index contributed by atoms with van der Waals surface area (Å²) >= 11 is 0. The summed E-state index contributed by atoms with van der Waals surface area (Å²) in [7, 11) is 5.74. The molecule has 3 N–H and O–H groups in total. The Kier molecular flexibility index (Phi) is 12.6. The highest BCUT2D eigenvalue weighted by Gasteiger charge is 2.23. The normalized spacial score (nSPS) is 13.5. The lowest BCUT2D eigenvalue weighted by Gasteiger charge is -2.35. The highest BCUT2D eigenvalue weighted by Crippen LogP contribution is 2.28. The number of amides is 3. The molecule has 0 radical (unpaired) electrons. The van der Waals surface area contributed by atoms with Crippen molar-refractivity contribution in [2.24, 2.45) is 0 Å². The Morgan fingerprint density at radius 1 is 0.870 bits per heavy atom. The van der Waals surface area contributed by atoms with Gasteiger partial charge in [-0.2, -0.15) is 0 Å². The summed E-state index contributed by atoms with van der Waals surface area (Å²) in [6, 6.07) is 17.1. The standard InChI is InChI=1S/C36H46N4O6/c1-25-9-15-32(33(22-25)46-21-7-5-6-8-34(42)40-19-17-29(18-20-40)39(2)3)38-36(44)27-12-16-31(28(23-27)24-45-4)37-35(43)26-10-13-30(41)14-11-26/h9-16,22-23,29,41H,5-8,17-21,24H2,1-4H3,(H,37,43)(H,38,44). The summed E-state index contributed by atoms with van der Waals surface area (Å²) in [5, 5.41) is 15.3. The Morgan fingerprint density at radius 3 is 2.22 bits per heavy atom. The average Bonchev–Trinajstić information content (AvgIpc) is 3.04. The van der Waals surface area contributed by atoms with Gasteiger partial charge in [-0.1, -0.05) is 6.07 Å². The van der Waals surface area contributed by atoms with E-state index in [2.05, 4.69) is 29.6 Å². The molecule has 3 aromatic rings. The fourth-order valence-corrected chi connectivity index (χ4v) is 5.51. The van der Waals surface area contributed by atoms with Gasteiger partial charge in [0.2, 0.25) is 5.91 Å². The number of carbonyl (C=O) groups is 3. The van der Waals surface area contributed by atoms with Crippen LogP contribution in [-0.4, -0.2) is 79.6 Å². The largest absolute Gasteiger partial charge is 0.508 e. The van der Waals surface area contributed by atoms with Gasteiger partial charge in [0.15, 0.2) is 0 Å². The van der Waals surface area contributed by atoms with E-state index in [-0.39, 0.29) is 30.1 Å². The Labute approximate surface area is 271 Å². The topological polar surface area (TPSA) is 120 Å². The molecular weight excluding hydrogens is 584 g/mol. The number of unbranched alkanes of at least 4 members (excludes halogenated alkanes) is 2. The number of phenolic OH excluding ortho intramolecular Hbond substituents is 1. The number of benzene rings is 3. The van der Waals surface area contributed by atoms with E-state index < -0.39 is 0 Å². The van der Waals surface area contributed by atoms with Crippen molar-refractivity contribution in [3.8, 4) is 11.5 Å². The molecule has 1 heterocycles. The first-order valence-electron chi connectivity index (χ1n) is 15.9. The van der Waals surface area contributed by atoms with Crippen molar-refractivity contribution < 1.29 is 29.0 Å². The minimum Gasteiger partial charge on any atom is -0.508 e. The number of piperidine rings is 1. The average molecular weight is 631 g/mol. The molecule has 10 nitrogen and oxygen atoms in total. The molecule has 1 aliphatic rings. The first kappa shape index (κ1) is 34.5. The van der Waals surface area contributed by atoms with E-state index in [0.717, 1.165) is 50.8 Å². The zero-order valence-corrected chi connectivity index (χ0v) is 27.3. The maximum Gasteiger partial charge on any atom is 0.255 e. The van der Waals surface area contributed by atoms with Gasteiger partial charge in [-0.05, 0) is 113 Å². The van der Waals surface area contributed by atoms with Crippen molar-refractivity contribution in [2.45, 2.75) is 58.1 Å². The van der Waals surface area contributed by atoms with Gasteiger partial charge in [0.05, 0.1) is 18.9 Å². The predicted octanol–water partition coefficient (Wildman–Crippen LogP) is 5.84. The van der Waals surface area contributed by atoms with E-state index >= 15 is 0 Å². The number of nitrogens with one attached hydrogen (secondary N) is 2. The quantitative estimate of drug-likeness (QED) is 0.191. The minimum atomic E-state index is -0.345. The summed E-state index contributed by atoms with van der Waals surface area (Å²) in [6.45, 7) is 4.30. The number of aryl methyl sites for hydroxylation is 1. The first-order chi connectivity index (χ1) is 22.1. The zero-order chi connectivity index (χ0) is 33.1. The van der Waals surface area contributed by atoms with Gasteiger partial charge >= 0.3 is 0 Å². The molecule has 3 amide bonds. The fraction of sp³-hybridized carbons (Fsp3) is 0.417. The fourth-order valence-electron chi connectivity index (χ4n) is 5.51. The van der Waals surface area contributed by atoms with E-state index in [1.54, 1.807) is 25.3 Å². The number of ether oxygens (including phenoxy) is 2. The molecule has 0 aromatic heterocycles. The van der Waals surface area contributed by atoms with Crippen LogP contribution in [0.4, 0.5) is 11.4 Å². The maximum atomic E-state index is 13.3. The summed E-state index contributed by atoms with van der Waals surface area (Å²) in [5.74, 6) is 0.231. The second-order valence-corrected chi connectivity index (χ2v) is 12.0. The predicted molar refractivity (Wildman–Crippen MR) is 180 cm³/mol. The molecule has 0 saturated carbocycles. The van der Waals surface area contributed by atoms with Crippen molar-refractivity contribution in [2.75, 3.05) is 51.5 Å². The number of hydrogen-bond acceptors (Lipinski definition) is 7. The molecule has 1 aliphatic heterocycles. The summed E-state index contributed by atoms with van der Waals surface area (Å²) in [5.41, 5.74) is 3.51. The lowest BCUT2D eigenvalue weighted by Crippen LogP contribution is -2.44. The molecule has 1 fully saturated rings. The zero-order valence-electron chi connectivity index (χ0n) is 27.3. The smallest absolute Gasteiger partial charge is 0.255 e. The van der Waals surface area contributed by atoms with Crippen molar-refractivity contribution in [3.63, 3.8) is 0 Å².